The fourth-order valence-corrected chi connectivity index (χ4v) is 1.60. The van der Waals surface area contributed by atoms with Crippen molar-refractivity contribution in [3.63, 3.8) is 0 Å². The molecule has 1 heterocycles. The van der Waals surface area contributed by atoms with Crippen LogP contribution >= 0.6 is 0 Å². The molecule has 0 atom stereocenters. The molecule has 0 saturated carbocycles. The molecule has 0 amide bonds. The van der Waals surface area contributed by atoms with Gasteiger partial charge < -0.3 is 5.32 Å². The van der Waals surface area contributed by atoms with E-state index in [4.69, 9.17) is 0 Å². The zero-order valence-electron chi connectivity index (χ0n) is 8.33. The van der Waals surface area contributed by atoms with Crippen molar-refractivity contribution in [2.45, 2.75) is 13.5 Å². The maximum absolute atomic E-state index is 4.11. The van der Waals surface area contributed by atoms with Gasteiger partial charge in [-0.3, -0.25) is 4.98 Å². The van der Waals surface area contributed by atoms with Crippen molar-refractivity contribution in [2.24, 2.45) is 0 Å². The summed E-state index contributed by atoms with van der Waals surface area (Å²) in [4.78, 5) is 4.11. The molecule has 2 heteroatoms. The monoisotopic (exact) mass is 188 g/mol. The van der Waals surface area contributed by atoms with Crippen LogP contribution in [0, 0.1) is 0 Å². The van der Waals surface area contributed by atoms with Crippen LogP contribution in [-0.2, 0) is 6.54 Å². The van der Waals surface area contributed by atoms with E-state index in [1.54, 1.807) is 0 Å². The molecular formula is C12H16N2. The predicted octanol–water partition coefficient (Wildman–Crippen LogP) is 2.59. The lowest BCUT2D eigenvalue weighted by Crippen LogP contribution is -2.11. The summed E-state index contributed by atoms with van der Waals surface area (Å²) in [5, 5.41) is 5.84. The molecule has 0 bridgehead atoms. The lowest BCUT2D eigenvalue weighted by Gasteiger charge is -2.05. The molecule has 0 spiro atoms. The number of nitrogens with one attached hydrogen (secondary N) is 1. The Balaban J connectivity index is 0.00000112. The molecule has 0 aliphatic carbocycles. The van der Waals surface area contributed by atoms with Crippen LogP contribution in [0.5, 0.6) is 0 Å². The van der Waals surface area contributed by atoms with E-state index < -0.39 is 0 Å². The standard InChI is InChI=1S/C12H14N2.H2/c1-2-13-8-10-4-3-5-11-9-14-7-6-12(10)11;/h3-7,9,13H,2,8H2,1H3;1H. The third-order valence-electron chi connectivity index (χ3n) is 2.34. The van der Waals surface area contributed by atoms with Crippen LogP contribution in [0.3, 0.4) is 0 Å². The first-order chi connectivity index (χ1) is 6.92. The quantitative estimate of drug-likeness (QED) is 0.800. The molecule has 0 aliphatic heterocycles. The summed E-state index contributed by atoms with van der Waals surface area (Å²) in [5.74, 6) is 0. The van der Waals surface area contributed by atoms with Crippen LogP contribution < -0.4 is 5.32 Å². The average Bonchev–Trinajstić information content (AvgIpc) is 2.26. The number of pyridine rings is 1. The van der Waals surface area contributed by atoms with E-state index in [-0.39, 0.29) is 1.43 Å². The fraction of sp³-hybridized carbons (Fsp3) is 0.250. The molecule has 0 saturated heterocycles. The van der Waals surface area contributed by atoms with Gasteiger partial charge in [-0.05, 0) is 23.6 Å². The van der Waals surface area contributed by atoms with Gasteiger partial charge in [0.2, 0.25) is 0 Å². The topological polar surface area (TPSA) is 24.9 Å². The van der Waals surface area contributed by atoms with Crippen LogP contribution in [0.25, 0.3) is 10.8 Å². The van der Waals surface area contributed by atoms with Gasteiger partial charge in [0.05, 0.1) is 0 Å². The first-order valence-corrected chi connectivity index (χ1v) is 4.94. The number of aromatic nitrogens is 1. The fourth-order valence-electron chi connectivity index (χ4n) is 1.60. The van der Waals surface area contributed by atoms with Crippen LogP contribution in [0.1, 0.15) is 13.9 Å². The Kier molecular flexibility index (Phi) is 2.75. The Labute approximate surface area is 85.5 Å². The minimum absolute atomic E-state index is 0. The molecule has 14 heavy (non-hydrogen) atoms. The highest BCUT2D eigenvalue weighted by Gasteiger charge is 1.98. The van der Waals surface area contributed by atoms with Crippen LogP contribution in [0.2, 0.25) is 0 Å². The van der Waals surface area contributed by atoms with Gasteiger partial charge in [0.1, 0.15) is 0 Å². The molecule has 0 fully saturated rings. The summed E-state index contributed by atoms with van der Waals surface area (Å²) < 4.78 is 0. The molecule has 0 radical (unpaired) electrons. The minimum Gasteiger partial charge on any atom is -0.313 e. The molecule has 2 aromatic rings. The first kappa shape index (κ1) is 9.16. The zero-order chi connectivity index (χ0) is 9.80. The Hall–Kier alpha value is -1.41. The van der Waals surface area contributed by atoms with Crippen molar-refractivity contribution in [2.75, 3.05) is 6.54 Å². The van der Waals surface area contributed by atoms with Crippen molar-refractivity contribution in [1.29, 1.82) is 0 Å². The van der Waals surface area contributed by atoms with Gasteiger partial charge in [-0.1, -0.05) is 25.1 Å². The largest absolute Gasteiger partial charge is 0.313 e. The second kappa shape index (κ2) is 4.20. The summed E-state index contributed by atoms with van der Waals surface area (Å²) in [6.45, 7) is 4.05. The third-order valence-corrected chi connectivity index (χ3v) is 2.34. The predicted molar refractivity (Wildman–Crippen MR) is 61.2 cm³/mol. The van der Waals surface area contributed by atoms with Crippen molar-refractivity contribution in [3.05, 3.63) is 42.2 Å². The van der Waals surface area contributed by atoms with E-state index in [0.29, 0.717) is 0 Å². The van der Waals surface area contributed by atoms with E-state index in [2.05, 4.69) is 41.5 Å². The van der Waals surface area contributed by atoms with Gasteiger partial charge >= 0.3 is 0 Å². The lowest BCUT2D eigenvalue weighted by atomic mass is 10.1. The smallest absolute Gasteiger partial charge is 0.0346 e. The molecule has 1 N–H and O–H groups in total. The van der Waals surface area contributed by atoms with Gasteiger partial charge in [-0.2, -0.15) is 0 Å². The molecule has 0 unspecified atom stereocenters. The summed E-state index contributed by atoms with van der Waals surface area (Å²) >= 11 is 0. The number of hydrogen-bond acceptors (Lipinski definition) is 2. The van der Waals surface area contributed by atoms with Gasteiger partial charge in [0.15, 0.2) is 0 Å². The highest BCUT2D eigenvalue weighted by atomic mass is 14.8. The van der Waals surface area contributed by atoms with Crippen molar-refractivity contribution < 1.29 is 1.43 Å². The molecule has 2 rings (SSSR count). The summed E-state index contributed by atoms with van der Waals surface area (Å²) in [7, 11) is 0. The number of hydrogen-bond donors (Lipinski definition) is 1. The summed E-state index contributed by atoms with van der Waals surface area (Å²) in [5.41, 5.74) is 1.34. The average molecular weight is 188 g/mol. The third kappa shape index (κ3) is 1.75. The SMILES string of the molecule is CCNCc1cccc2cnccc12.[HH]. The van der Waals surface area contributed by atoms with Crippen molar-refractivity contribution in [1.82, 2.24) is 10.3 Å². The summed E-state index contributed by atoms with van der Waals surface area (Å²) in [6, 6.07) is 8.40. The van der Waals surface area contributed by atoms with E-state index in [0.717, 1.165) is 13.1 Å². The molecule has 1 aromatic heterocycles. The van der Waals surface area contributed by atoms with Crippen molar-refractivity contribution in [3.8, 4) is 0 Å². The number of nitrogens with zero attached hydrogens (tertiary/aromatic N) is 1. The second-order valence-corrected chi connectivity index (χ2v) is 3.29. The van der Waals surface area contributed by atoms with Gasteiger partial charge in [0.25, 0.3) is 0 Å². The normalized spacial score (nSPS) is 10.6. The zero-order valence-corrected chi connectivity index (χ0v) is 8.33. The highest BCUT2D eigenvalue weighted by Crippen LogP contribution is 2.16. The number of benzene rings is 1. The van der Waals surface area contributed by atoms with Gasteiger partial charge in [-0.15, -0.1) is 0 Å². The molecule has 74 valence electrons. The van der Waals surface area contributed by atoms with E-state index >= 15 is 0 Å². The maximum atomic E-state index is 4.11. The van der Waals surface area contributed by atoms with Crippen LogP contribution in [0.15, 0.2) is 36.7 Å². The van der Waals surface area contributed by atoms with Crippen LogP contribution in [-0.4, -0.2) is 11.5 Å². The molecular weight excluding hydrogens is 172 g/mol. The van der Waals surface area contributed by atoms with E-state index in [9.17, 15) is 0 Å². The van der Waals surface area contributed by atoms with Crippen molar-refractivity contribution >= 4 is 10.8 Å². The first-order valence-electron chi connectivity index (χ1n) is 4.94. The lowest BCUT2D eigenvalue weighted by molar-refractivity contribution is 0.730. The highest BCUT2D eigenvalue weighted by molar-refractivity contribution is 5.84. The minimum atomic E-state index is 0. The Morgan fingerprint density at radius 2 is 2.29 bits per heavy atom. The Bertz CT molecular complexity index is 423. The molecule has 1 aromatic carbocycles. The summed E-state index contributed by atoms with van der Waals surface area (Å²) in [6.07, 6.45) is 3.75. The van der Waals surface area contributed by atoms with E-state index in [1.807, 2.05) is 12.4 Å². The van der Waals surface area contributed by atoms with Gasteiger partial charge in [0, 0.05) is 25.8 Å². The molecule has 2 nitrogen and oxygen atoms in total. The number of fused-ring (bicyclic) bond motifs is 1. The Morgan fingerprint density at radius 3 is 3.14 bits per heavy atom. The maximum Gasteiger partial charge on any atom is 0.0346 e. The Morgan fingerprint density at radius 1 is 1.36 bits per heavy atom. The molecule has 0 aliphatic rings. The van der Waals surface area contributed by atoms with Gasteiger partial charge in [-0.25, -0.2) is 0 Å². The van der Waals surface area contributed by atoms with E-state index in [1.165, 1.54) is 16.3 Å². The number of rotatable bonds is 3. The second-order valence-electron chi connectivity index (χ2n) is 3.29. The van der Waals surface area contributed by atoms with Crippen LogP contribution in [0.4, 0.5) is 0 Å².